The molecule has 5 heteroatoms. The molecule has 0 radical (unpaired) electrons. The van der Waals surface area contributed by atoms with Crippen LogP contribution in [0.3, 0.4) is 0 Å². The Bertz CT molecular complexity index is 1080. The minimum Gasteiger partial charge on any atom is -0.497 e. The molecule has 30 heavy (non-hydrogen) atoms. The first-order valence-electron chi connectivity index (χ1n) is 9.34. The summed E-state index contributed by atoms with van der Waals surface area (Å²) in [7, 11) is 3.03. The van der Waals surface area contributed by atoms with Crippen molar-refractivity contribution in [2.45, 2.75) is 6.92 Å². The first-order chi connectivity index (χ1) is 14.5. The molecular formula is C25H22O5. The molecule has 0 heterocycles. The van der Waals surface area contributed by atoms with Gasteiger partial charge in [-0.15, -0.1) is 0 Å². The average molecular weight is 402 g/mol. The van der Waals surface area contributed by atoms with Crippen LogP contribution in [0.5, 0.6) is 17.2 Å². The molecule has 5 nitrogen and oxygen atoms in total. The first-order valence-corrected chi connectivity index (χ1v) is 9.34. The monoisotopic (exact) mass is 402 g/mol. The van der Waals surface area contributed by atoms with Crippen LogP contribution in [-0.2, 0) is 0 Å². The normalized spacial score (nSPS) is 10.6. The number of methoxy groups -OCH3 is 2. The van der Waals surface area contributed by atoms with Crippen LogP contribution in [0, 0.1) is 6.92 Å². The third-order valence-electron chi connectivity index (χ3n) is 4.50. The largest absolute Gasteiger partial charge is 0.497 e. The number of hydrogen-bond acceptors (Lipinski definition) is 5. The first kappa shape index (κ1) is 20.9. The van der Waals surface area contributed by atoms with Crippen LogP contribution >= 0.6 is 0 Å². The van der Waals surface area contributed by atoms with Crippen molar-refractivity contribution < 1.29 is 23.8 Å². The van der Waals surface area contributed by atoms with Gasteiger partial charge in [-0.1, -0.05) is 35.9 Å². The summed E-state index contributed by atoms with van der Waals surface area (Å²) in [5.74, 6) is 0.649. The number of aryl methyl sites for hydroxylation is 1. The summed E-state index contributed by atoms with van der Waals surface area (Å²) in [6.45, 7) is 1.95. The van der Waals surface area contributed by atoms with Crippen molar-refractivity contribution in [2.24, 2.45) is 0 Å². The standard InChI is InChI=1S/C25H22O5/c1-17-8-10-19(11-9-17)25(27)30-23-7-5-4-6-18(23)12-14-22(26)21-16-20(28-2)13-15-24(21)29-3/h4-16H,1-3H3. The number of carbonyl (C=O) groups is 2. The molecule has 0 aliphatic heterocycles. The van der Waals surface area contributed by atoms with E-state index in [2.05, 4.69) is 0 Å². The number of esters is 1. The van der Waals surface area contributed by atoms with Crippen molar-refractivity contribution in [1.82, 2.24) is 0 Å². The highest BCUT2D eigenvalue weighted by Gasteiger charge is 2.13. The Hall–Kier alpha value is -3.86. The Kier molecular flexibility index (Phi) is 6.65. The quantitative estimate of drug-likeness (QED) is 0.237. The summed E-state index contributed by atoms with van der Waals surface area (Å²) in [5.41, 5.74) is 2.49. The second kappa shape index (κ2) is 9.56. The van der Waals surface area contributed by atoms with Gasteiger partial charge in [0.15, 0.2) is 5.78 Å². The molecule has 0 fully saturated rings. The van der Waals surface area contributed by atoms with Crippen LogP contribution in [0.4, 0.5) is 0 Å². The number of carbonyl (C=O) groups excluding carboxylic acids is 2. The van der Waals surface area contributed by atoms with Crippen molar-refractivity contribution in [2.75, 3.05) is 14.2 Å². The molecule has 0 bridgehead atoms. The fourth-order valence-corrected chi connectivity index (χ4v) is 2.82. The molecule has 3 rings (SSSR count). The lowest BCUT2D eigenvalue weighted by Crippen LogP contribution is -2.09. The average Bonchev–Trinajstić information content (AvgIpc) is 2.78. The van der Waals surface area contributed by atoms with Gasteiger partial charge >= 0.3 is 5.97 Å². The molecule has 3 aromatic carbocycles. The van der Waals surface area contributed by atoms with Gasteiger partial charge in [0, 0.05) is 5.56 Å². The van der Waals surface area contributed by atoms with Gasteiger partial charge in [-0.3, -0.25) is 4.79 Å². The molecule has 0 amide bonds. The number of ether oxygens (including phenoxy) is 3. The lowest BCUT2D eigenvalue weighted by Gasteiger charge is -2.09. The van der Waals surface area contributed by atoms with E-state index < -0.39 is 5.97 Å². The van der Waals surface area contributed by atoms with Crippen LogP contribution in [0.15, 0.2) is 72.8 Å². The van der Waals surface area contributed by atoms with E-state index in [1.807, 2.05) is 19.1 Å². The van der Waals surface area contributed by atoms with Gasteiger partial charge in [0.05, 0.1) is 25.3 Å². The van der Waals surface area contributed by atoms with E-state index in [0.29, 0.717) is 33.9 Å². The highest BCUT2D eigenvalue weighted by molar-refractivity contribution is 6.09. The molecule has 152 valence electrons. The molecule has 0 spiro atoms. The second-order valence-electron chi connectivity index (χ2n) is 6.56. The smallest absolute Gasteiger partial charge is 0.343 e. The topological polar surface area (TPSA) is 61.8 Å². The summed E-state index contributed by atoms with van der Waals surface area (Å²) in [6, 6.07) is 19.2. The van der Waals surface area contributed by atoms with E-state index in [1.54, 1.807) is 60.7 Å². The highest BCUT2D eigenvalue weighted by atomic mass is 16.5. The summed E-state index contributed by atoms with van der Waals surface area (Å²) < 4.78 is 16.0. The van der Waals surface area contributed by atoms with Crippen molar-refractivity contribution >= 4 is 17.8 Å². The minimum absolute atomic E-state index is 0.259. The van der Waals surface area contributed by atoms with Gasteiger partial charge < -0.3 is 14.2 Å². The summed E-state index contributed by atoms with van der Waals surface area (Å²) in [4.78, 5) is 25.2. The summed E-state index contributed by atoms with van der Waals surface area (Å²) >= 11 is 0. The van der Waals surface area contributed by atoms with Gasteiger partial charge in [0.2, 0.25) is 0 Å². The van der Waals surface area contributed by atoms with Crippen molar-refractivity contribution in [3.05, 3.63) is 95.1 Å². The molecule has 3 aromatic rings. The van der Waals surface area contributed by atoms with E-state index in [-0.39, 0.29) is 5.78 Å². The predicted octanol–water partition coefficient (Wildman–Crippen LogP) is 5.13. The number of ketones is 1. The van der Waals surface area contributed by atoms with Gasteiger partial charge in [0.1, 0.15) is 17.2 Å². The Morgan fingerprint density at radius 1 is 0.833 bits per heavy atom. The van der Waals surface area contributed by atoms with E-state index in [9.17, 15) is 9.59 Å². The van der Waals surface area contributed by atoms with E-state index in [1.165, 1.54) is 20.3 Å². The fraction of sp³-hybridized carbons (Fsp3) is 0.120. The third kappa shape index (κ3) is 4.94. The van der Waals surface area contributed by atoms with Gasteiger partial charge in [-0.05, 0) is 55.5 Å². The molecule has 0 unspecified atom stereocenters. The molecular weight excluding hydrogens is 380 g/mol. The molecule has 0 saturated heterocycles. The molecule has 0 aliphatic rings. The Balaban J connectivity index is 1.82. The van der Waals surface area contributed by atoms with Gasteiger partial charge in [0.25, 0.3) is 0 Å². The van der Waals surface area contributed by atoms with E-state index >= 15 is 0 Å². The van der Waals surface area contributed by atoms with Crippen LogP contribution in [0.2, 0.25) is 0 Å². The number of rotatable bonds is 7. The molecule has 0 saturated carbocycles. The van der Waals surface area contributed by atoms with Crippen LogP contribution in [-0.4, -0.2) is 26.0 Å². The molecule has 0 aromatic heterocycles. The van der Waals surface area contributed by atoms with Gasteiger partial charge in [-0.2, -0.15) is 0 Å². The SMILES string of the molecule is COc1ccc(OC)c(C(=O)C=Cc2ccccc2OC(=O)c2ccc(C)cc2)c1. The summed E-state index contributed by atoms with van der Waals surface area (Å²) in [6.07, 6.45) is 3.02. The zero-order valence-corrected chi connectivity index (χ0v) is 17.0. The maximum atomic E-state index is 12.7. The van der Waals surface area contributed by atoms with Crippen LogP contribution in [0.1, 0.15) is 31.8 Å². The van der Waals surface area contributed by atoms with Crippen LogP contribution in [0.25, 0.3) is 6.08 Å². The number of benzene rings is 3. The zero-order valence-electron chi connectivity index (χ0n) is 17.0. The Labute approximate surface area is 175 Å². The molecule has 0 N–H and O–H groups in total. The molecule has 0 atom stereocenters. The zero-order chi connectivity index (χ0) is 21.5. The Morgan fingerprint density at radius 2 is 1.57 bits per heavy atom. The maximum absolute atomic E-state index is 12.7. The van der Waals surface area contributed by atoms with E-state index in [0.717, 1.165) is 5.56 Å². The number of hydrogen-bond donors (Lipinski definition) is 0. The molecule has 0 aliphatic carbocycles. The van der Waals surface area contributed by atoms with Gasteiger partial charge in [-0.25, -0.2) is 4.79 Å². The summed E-state index contributed by atoms with van der Waals surface area (Å²) in [5, 5.41) is 0. The van der Waals surface area contributed by atoms with Crippen molar-refractivity contribution in [3.8, 4) is 17.2 Å². The number of allylic oxidation sites excluding steroid dienone is 1. The van der Waals surface area contributed by atoms with E-state index in [4.69, 9.17) is 14.2 Å². The lowest BCUT2D eigenvalue weighted by atomic mass is 10.1. The maximum Gasteiger partial charge on any atom is 0.343 e. The number of para-hydroxylation sites is 1. The lowest BCUT2D eigenvalue weighted by molar-refractivity contribution is 0.0734. The van der Waals surface area contributed by atoms with Crippen LogP contribution < -0.4 is 14.2 Å². The van der Waals surface area contributed by atoms with Crippen molar-refractivity contribution in [3.63, 3.8) is 0 Å². The third-order valence-corrected chi connectivity index (χ3v) is 4.50. The highest BCUT2D eigenvalue weighted by Crippen LogP contribution is 2.26. The fourth-order valence-electron chi connectivity index (χ4n) is 2.82. The predicted molar refractivity (Wildman–Crippen MR) is 115 cm³/mol. The van der Waals surface area contributed by atoms with Crippen molar-refractivity contribution in [1.29, 1.82) is 0 Å². The Morgan fingerprint density at radius 3 is 2.27 bits per heavy atom. The second-order valence-corrected chi connectivity index (χ2v) is 6.56. The minimum atomic E-state index is -0.461.